The van der Waals surface area contributed by atoms with Crippen LogP contribution in [0.25, 0.3) is 0 Å². The molecule has 0 heterocycles. The molecule has 0 radical (unpaired) electrons. The lowest BCUT2D eigenvalue weighted by molar-refractivity contribution is 0.122. The molecule has 2 atom stereocenters. The van der Waals surface area contributed by atoms with Gasteiger partial charge in [-0.25, -0.2) is 0 Å². The molecule has 116 valence electrons. The zero-order chi connectivity index (χ0) is 14.3. The van der Waals surface area contributed by atoms with Crippen LogP contribution in [0.5, 0.6) is 0 Å². The molecule has 19 heavy (non-hydrogen) atoms. The standard InChI is InChI=1S/C16H34O3/c1-2-10-15(18)11-8-6-4-3-5-7-9-12-16(19)13-14-17/h15-19H,2-14H2,1H3. The van der Waals surface area contributed by atoms with Crippen LogP contribution in [-0.2, 0) is 0 Å². The van der Waals surface area contributed by atoms with Gasteiger partial charge >= 0.3 is 0 Å². The average Bonchev–Trinajstić information content (AvgIpc) is 2.37. The summed E-state index contributed by atoms with van der Waals surface area (Å²) in [5, 5.41) is 27.7. The highest BCUT2D eigenvalue weighted by Gasteiger charge is 2.03. The molecule has 0 saturated carbocycles. The van der Waals surface area contributed by atoms with Crippen LogP contribution in [-0.4, -0.2) is 34.1 Å². The molecule has 0 fully saturated rings. The van der Waals surface area contributed by atoms with Crippen LogP contribution in [0.4, 0.5) is 0 Å². The summed E-state index contributed by atoms with van der Waals surface area (Å²) in [5.74, 6) is 0. The van der Waals surface area contributed by atoms with Crippen LogP contribution in [0, 0.1) is 0 Å². The third-order valence-electron chi connectivity index (χ3n) is 3.66. The minimum absolute atomic E-state index is 0.0852. The SMILES string of the molecule is CCCC(O)CCCCCCCCCC(O)CCO. The molecule has 3 N–H and O–H groups in total. The van der Waals surface area contributed by atoms with Gasteiger partial charge in [0.25, 0.3) is 0 Å². The Kier molecular flexibility index (Phi) is 14.2. The van der Waals surface area contributed by atoms with E-state index in [2.05, 4.69) is 6.92 Å². The average molecular weight is 274 g/mol. The lowest BCUT2D eigenvalue weighted by Crippen LogP contribution is -2.08. The van der Waals surface area contributed by atoms with Crippen LogP contribution in [0.3, 0.4) is 0 Å². The molecule has 0 aliphatic rings. The quantitative estimate of drug-likeness (QED) is 0.425. The highest BCUT2D eigenvalue weighted by atomic mass is 16.3. The molecule has 0 aliphatic heterocycles. The first-order valence-electron chi connectivity index (χ1n) is 8.17. The van der Waals surface area contributed by atoms with Crippen LogP contribution in [0.1, 0.15) is 84.0 Å². The maximum atomic E-state index is 9.58. The largest absolute Gasteiger partial charge is 0.396 e. The molecule has 0 bridgehead atoms. The van der Waals surface area contributed by atoms with E-state index >= 15 is 0 Å². The third-order valence-corrected chi connectivity index (χ3v) is 3.66. The van der Waals surface area contributed by atoms with Crippen molar-refractivity contribution in [2.75, 3.05) is 6.61 Å². The van der Waals surface area contributed by atoms with Crippen molar-refractivity contribution < 1.29 is 15.3 Å². The predicted molar refractivity (Wildman–Crippen MR) is 80.2 cm³/mol. The van der Waals surface area contributed by atoms with E-state index in [9.17, 15) is 10.2 Å². The molecule has 3 heteroatoms. The Balaban J connectivity index is 3.10. The first-order valence-corrected chi connectivity index (χ1v) is 8.17. The number of hydrogen-bond acceptors (Lipinski definition) is 3. The number of unbranched alkanes of at least 4 members (excludes halogenated alkanes) is 6. The number of hydrogen-bond donors (Lipinski definition) is 3. The minimum atomic E-state index is -0.315. The van der Waals surface area contributed by atoms with Gasteiger partial charge in [0.05, 0.1) is 12.2 Å². The fraction of sp³-hybridized carbons (Fsp3) is 1.00. The molecule has 0 saturated heterocycles. The second kappa shape index (κ2) is 14.3. The van der Waals surface area contributed by atoms with Crippen LogP contribution in [0.2, 0.25) is 0 Å². The Morgan fingerprint density at radius 2 is 1.05 bits per heavy atom. The molecule has 0 aromatic rings. The monoisotopic (exact) mass is 274 g/mol. The zero-order valence-electron chi connectivity index (χ0n) is 12.7. The van der Waals surface area contributed by atoms with Crippen LogP contribution in [0.15, 0.2) is 0 Å². The van der Waals surface area contributed by atoms with E-state index in [1.54, 1.807) is 0 Å². The normalized spacial score (nSPS) is 14.5. The van der Waals surface area contributed by atoms with Crippen molar-refractivity contribution in [3.05, 3.63) is 0 Å². The number of aliphatic hydroxyl groups is 3. The van der Waals surface area contributed by atoms with E-state index in [0.717, 1.165) is 38.5 Å². The summed E-state index contributed by atoms with van der Waals surface area (Å²) in [6, 6.07) is 0. The van der Waals surface area contributed by atoms with Crippen molar-refractivity contribution in [3.63, 3.8) is 0 Å². The van der Waals surface area contributed by atoms with Gasteiger partial charge in [-0.2, -0.15) is 0 Å². The first-order chi connectivity index (χ1) is 9.20. The molecule has 2 unspecified atom stereocenters. The lowest BCUT2D eigenvalue weighted by Gasteiger charge is -2.09. The molecule has 0 aromatic carbocycles. The van der Waals surface area contributed by atoms with Gasteiger partial charge in [-0.15, -0.1) is 0 Å². The van der Waals surface area contributed by atoms with Gasteiger partial charge in [-0.3, -0.25) is 0 Å². The van der Waals surface area contributed by atoms with Crippen LogP contribution < -0.4 is 0 Å². The Morgan fingerprint density at radius 3 is 1.47 bits per heavy atom. The van der Waals surface area contributed by atoms with E-state index in [1.807, 2.05) is 0 Å². The summed E-state index contributed by atoms with van der Waals surface area (Å²) in [6.45, 7) is 2.20. The second-order valence-corrected chi connectivity index (χ2v) is 5.66. The van der Waals surface area contributed by atoms with Crippen molar-refractivity contribution in [3.8, 4) is 0 Å². The molecule has 3 nitrogen and oxygen atoms in total. The maximum absolute atomic E-state index is 9.58. The highest BCUT2D eigenvalue weighted by molar-refractivity contribution is 4.57. The molecule has 0 spiro atoms. The van der Waals surface area contributed by atoms with Crippen molar-refractivity contribution in [2.45, 2.75) is 96.2 Å². The van der Waals surface area contributed by atoms with Gasteiger partial charge in [0.1, 0.15) is 0 Å². The van der Waals surface area contributed by atoms with E-state index in [1.165, 1.54) is 32.1 Å². The van der Waals surface area contributed by atoms with E-state index in [4.69, 9.17) is 5.11 Å². The van der Waals surface area contributed by atoms with Gasteiger partial charge in [0.15, 0.2) is 0 Å². The second-order valence-electron chi connectivity index (χ2n) is 5.66. The summed E-state index contributed by atoms with van der Waals surface area (Å²) in [7, 11) is 0. The van der Waals surface area contributed by atoms with Gasteiger partial charge in [0.2, 0.25) is 0 Å². The Morgan fingerprint density at radius 1 is 0.632 bits per heavy atom. The summed E-state index contributed by atoms with van der Waals surface area (Å²) in [6.07, 6.45) is 12.3. The fourth-order valence-corrected chi connectivity index (χ4v) is 2.41. The Bertz CT molecular complexity index is 155. The summed E-state index contributed by atoms with van der Waals surface area (Å²) in [4.78, 5) is 0. The van der Waals surface area contributed by atoms with Gasteiger partial charge in [-0.05, 0) is 25.7 Å². The Hall–Kier alpha value is -0.120. The van der Waals surface area contributed by atoms with E-state index in [0.29, 0.717) is 6.42 Å². The predicted octanol–water partition coefficient (Wildman–Crippen LogP) is 3.40. The molecule has 0 rings (SSSR count). The third kappa shape index (κ3) is 14.1. The zero-order valence-corrected chi connectivity index (χ0v) is 12.7. The topological polar surface area (TPSA) is 60.7 Å². The van der Waals surface area contributed by atoms with Crippen molar-refractivity contribution in [1.29, 1.82) is 0 Å². The fourth-order valence-electron chi connectivity index (χ4n) is 2.41. The number of rotatable bonds is 14. The smallest absolute Gasteiger partial charge is 0.0562 e. The van der Waals surface area contributed by atoms with E-state index in [-0.39, 0.29) is 18.8 Å². The van der Waals surface area contributed by atoms with Gasteiger partial charge in [-0.1, -0.05) is 58.3 Å². The maximum Gasteiger partial charge on any atom is 0.0562 e. The van der Waals surface area contributed by atoms with Crippen LogP contribution >= 0.6 is 0 Å². The summed E-state index contributed by atoms with van der Waals surface area (Å²) < 4.78 is 0. The lowest BCUT2D eigenvalue weighted by atomic mass is 10.0. The number of aliphatic hydroxyl groups excluding tert-OH is 3. The van der Waals surface area contributed by atoms with Gasteiger partial charge in [0, 0.05) is 6.61 Å². The summed E-state index contributed by atoms with van der Waals surface area (Å²) >= 11 is 0. The van der Waals surface area contributed by atoms with Crippen molar-refractivity contribution in [1.82, 2.24) is 0 Å². The summed E-state index contributed by atoms with van der Waals surface area (Å²) in [5.41, 5.74) is 0. The van der Waals surface area contributed by atoms with E-state index < -0.39 is 0 Å². The molecular weight excluding hydrogens is 240 g/mol. The molecule has 0 amide bonds. The first kappa shape index (κ1) is 18.9. The minimum Gasteiger partial charge on any atom is -0.396 e. The molecule has 0 aliphatic carbocycles. The highest BCUT2D eigenvalue weighted by Crippen LogP contribution is 2.13. The van der Waals surface area contributed by atoms with Crippen molar-refractivity contribution >= 4 is 0 Å². The Labute approximate surface area is 119 Å². The van der Waals surface area contributed by atoms with Crippen molar-refractivity contribution in [2.24, 2.45) is 0 Å². The van der Waals surface area contributed by atoms with Gasteiger partial charge < -0.3 is 15.3 Å². The molecule has 0 aromatic heterocycles. The molecular formula is C16H34O3.